The lowest BCUT2D eigenvalue weighted by molar-refractivity contribution is 0.191. The minimum atomic E-state index is -0.329. The molecular formula is C20H34FIN4O. The second kappa shape index (κ2) is 13.1. The quantitative estimate of drug-likeness (QED) is 0.252. The Morgan fingerprint density at radius 2 is 2.04 bits per heavy atom. The molecule has 0 unspecified atom stereocenters. The molecular weight excluding hydrogens is 458 g/mol. The van der Waals surface area contributed by atoms with Crippen LogP contribution in [0.5, 0.6) is 5.75 Å². The first-order chi connectivity index (χ1) is 12.6. The van der Waals surface area contributed by atoms with Crippen LogP contribution in [-0.4, -0.2) is 50.7 Å². The van der Waals surface area contributed by atoms with E-state index in [2.05, 4.69) is 27.4 Å². The number of nitrogens with zero attached hydrogens (tertiary/aromatic N) is 2. The van der Waals surface area contributed by atoms with E-state index in [0.717, 1.165) is 37.0 Å². The van der Waals surface area contributed by atoms with Crippen LogP contribution in [0, 0.1) is 11.7 Å². The zero-order chi connectivity index (χ0) is 18.8. The summed E-state index contributed by atoms with van der Waals surface area (Å²) in [4.78, 5) is 6.77. The Morgan fingerprint density at radius 1 is 1.30 bits per heavy atom. The molecule has 2 N–H and O–H groups in total. The Hall–Kier alpha value is -1.09. The van der Waals surface area contributed by atoms with Crippen LogP contribution in [0.15, 0.2) is 23.2 Å². The highest BCUT2D eigenvalue weighted by Crippen LogP contribution is 2.18. The van der Waals surface area contributed by atoms with Gasteiger partial charge in [-0.15, -0.1) is 24.0 Å². The molecule has 1 aromatic carbocycles. The summed E-state index contributed by atoms with van der Waals surface area (Å²) in [6, 6.07) is 5.04. The number of piperidine rings is 1. The van der Waals surface area contributed by atoms with Crippen molar-refractivity contribution in [2.24, 2.45) is 10.9 Å². The third kappa shape index (κ3) is 8.64. The van der Waals surface area contributed by atoms with Gasteiger partial charge in [-0.1, -0.05) is 13.0 Å². The molecule has 0 amide bonds. The fourth-order valence-electron chi connectivity index (χ4n) is 3.13. The molecule has 0 spiro atoms. The largest absolute Gasteiger partial charge is 0.491 e. The van der Waals surface area contributed by atoms with Gasteiger partial charge in [-0.05, 0) is 69.4 Å². The van der Waals surface area contributed by atoms with Gasteiger partial charge in [-0.2, -0.15) is 0 Å². The Labute approximate surface area is 180 Å². The third-order valence-corrected chi connectivity index (χ3v) is 4.80. The summed E-state index contributed by atoms with van der Waals surface area (Å²) < 4.78 is 19.1. The first-order valence-corrected chi connectivity index (χ1v) is 9.70. The summed E-state index contributed by atoms with van der Waals surface area (Å²) in [5.41, 5.74) is 0.858. The van der Waals surface area contributed by atoms with Gasteiger partial charge in [0.05, 0.1) is 6.61 Å². The first-order valence-electron chi connectivity index (χ1n) is 9.70. The molecule has 1 aliphatic heterocycles. The van der Waals surface area contributed by atoms with Crippen molar-refractivity contribution < 1.29 is 9.13 Å². The van der Waals surface area contributed by atoms with Gasteiger partial charge in [-0.25, -0.2) is 4.39 Å². The van der Waals surface area contributed by atoms with Crippen LogP contribution in [0.4, 0.5) is 4.39 Å². The lowest BCUT2D eigenvalue weighted by atomic mass is 9.99. The number of ether oxygens (including phenoxy) is 1. The highest BCUT2D eigenvalue weighted by molar-refractivity contribution is 14.0. The SMILES string of the molecule is CCOc1ccc(CNC(=NC)NCCCN2CCC(C)CC2)cc1F.I. The van der Waals surface area contributed by atoms with Crippen molar-refractivity contribution in [3.8, 4) is 5.75 Å². The van der Waals surface area contributed by atoms with Crippen molar-refractivity contribution in [1.82, 2.24) is 15.5 Å². The number of aliphatic imine (C=N–C) groups is 1. The van der Waals surface area contributed by atoms with Gasteiger partial charge in [0.25, 0.3) is 0 Å². The number of hydrogen-bond donors (Lipinski definition) is 2. The van der Waals surface area contributed by atoms with E-state index in [1.54, 1.807) is 13.1 Å². The van der Waals surface area contributed by atoms with Gasteiger partial charge in [-0.3, -0.25) is 4.99 Å². The topological polar surface area (TPSA) is 48.9 Å². The number of likely N-dealkylation sites (tertiary alicyclic amines) is 1. The summed E-state index contributed by atoms with van der Waals surface area (Å²) in [7, 11) is 1.75. The van der Waals surface area contributed by atoms with Crippen molar-refractivity contribution in [2.75, 3.05) is 39.8 Å². The number of nitrogens with one attached hydrogen (secondary N) is 2. The van der Waals surface area contributed by atoms with Gasteiger partial charge in [0.2, 0.25) is 0 Å². The molecule has 1 aromatic rings. The van der Waals surface area contributed by atoms with Gasteiger partial charge in [0, 0.05) is 20.1 Å². The average Bonchev–Trinajstić information content (AvgIpc) is 2.65. The molecule has 7 heteroatoms. The lowest BCUT2D eigenvalue weighted by Crippen LogP contribution is -2.39. The van der Waals surface area contributed by atoms with Crippen LogP contribution >= 0.6 is 24.0 Å². The van der Waals surface area contributed by atoms with Crippen molar-refractivity contribution in [1.29, 1.82) is 0 Å². The highest BCUT2D eigenvalue weighted by Gasteiger charge is 2.14. The van der Waals surface area contributed by atoms with Crippen molar-refractivity contribution in [2.45, 2.75) is 39.7 Å². The van der Waals surface area contributed by atoms with Crippen molar-refractivity contribution in [3.63, 3.8) is 0 Å². The van der Waals surface area contributed by atoms with E-state index in [9.17, 15) is 4.39 Å². The highest BCUT2D eigenvalue weighted by atomic mass is 127. The van der Waals surface area contributed by atoms with Gasteiger partial charge in [0.1, 0.15) is 0 Å². The molecule has 0 aliphatic carbocycles. The molecule has 0 aromatic heterocycles. The Morgan fingerprint density at radius 3 is 2.67 bits per heavy atom. The molecule has 1 saturated heterocycles. The second-order valence-electron chi connectivity index (χ2n) is 6.93. The molecule has 0 saturated carbocycles. The molecule has 5 nitrogen and oxygen atoms in total. The van der Waals surface area contributed by atoms with Crippen LogP contribution in [0.25, 0.3) is 0 Å². The summed E-state index contributed by atoms with van der Waals surface area (Å²) in [5.74, 6) is 1.59. The molecule has 27 heavy (non-hydrogen) atoms. The maximum atomic E-state index is 13.9. The van der Waals surface area contributed by atoms with Crippen LogP contribution in [0.1, 0.15) is 38.7 Å². The fourth-order valence-corrected chi connectivity index (χ4v) is 3.13. The van der Waals surface area contributed by atoms with Crippen molar-refractivity contribution in [3.05, 3.63) is 29.6 Å². The summed E-state index contributed by atoms with van der Waals surface area (Å²) >= 11 is 0. The number of benzene rings is 1. The van der Waals surface area contributed by atoms with Crippen LogP contribution in [-0.2, 0) is 6.54 Å². The molecule has 0 bridgehead atoms. The summed E-state index contributed by atoms with van der Waals surface area (Å²) in [6.45, 7) is 9.61. The fraction of sp³-hybridized carbons (Fsp3) is 0.650. The molecule has 0 radical (unpaired) electrons. The Kier molecular flexibility index (Phi) is 11.7. The van der Waals surface area contributed by atoms with E-state index in [-0.39, 0.29) is 29.8 Å². The lowest BCUT2D eigenvalue weighted by Gasteiger charge is -2.30. The zero-order valence-corrected chi connectivity index (χ0v) is 19.1. The Balaban J connectivity index is 0.00000364. The third-order valence-electron chi connectivity index (χ3n) is 4.80. The van der Waals surface area contributed by atoms with Crippen LogP contribution < -0.4 is 15.4 Å². The maximum absolute atomic E-state index is 13.9. The van der Waals surface area contributed by atoms with E-state index in [0.29, 0.717) is 18.9 Å². The smallest absolute Gasteiger partial charge is 0.191 e. The van der Waals surface area contributed by atoms with Gasteiger partial charge < -0.3 is 20.3 Å². The van der Waals surface area contributed by atoms with E-state index in [1.165, 1.54) is 32.0 Å². The zero-order valence-electron chi connectivity index (χ0n) is 16.8. The molecule has 1 fully saturated rings. The van der Waals surface area contributed by atoms with Crippen molar-refractivity contribution >= 4 is 29.9 Å². The summed E-state index contributed by atoms with van der Waals surface area (Å²) in [5, 5.41) is 6.55. The normalized spacial score (nSPS) is 15.9. The molecule has 1 heterocycles. The van der Waals surface area contributed by atoms with Crippen LogP contribution in [0.2, 0.25) is 0 Å². The number of hydrogen-bond acceptors (Lipinski definition) is 3. The second-order valence-corrected chi connectivity index (χ2v) is 6.93. The molecule has 2 rings (SSSR count). The van der Waals surface area contributed by atoms with E-state index in [1.807, 2.05) is 13.0 Å². The monoisotopic (exact) mass is 492 g/mol. The van der Waals surface area contributed by atoms with E-state index >= 15 is 0 Å². The first kappa shape index (κ1) is 23.9. The maximum Gasteiger partial charge on any atom is 0.191 e. The predicted molar refractivity (Wildman–Crippen MR) is 121 cm³/mol. The number of guanidine groups is 1. The minimum Gasteiger partial charge on any atom is -0.491 e. The van der Waals surface area contributed by atoms with Gasteiger partial charge >= 0.3 is 0 Å². The number of rotatable bonds is 8. The van der Waals surface area contributed by atoms with Crippen LogP contribution in [0.3, 0.4) is 0 Å². The molecule has 1 aliphatic rings. The Bertz CT molecular complexity index is 577. The minimum absolute atomic E-state index is 0. The molecule has 154 valence electrons. The molecule has 0 atom stereocenters. The van der Waals surface area contributed by atoms with E-state index < -0.39 is 0 Å². The number of halogens is 2. The standard InChI is InChI=1S/C20H33FN4O.HI/c1-4-26-19-7-6-17(14-18(19)21)15-24-20(22-3)23-10-5-11-25-12-8-16(2)9-13-25;/h6-7,14,16H,4-5,8-13,15H2,1-3H3,(H2,22,23,24);1H. The predicted octanol–water partition coefficient (Wildman–Crippen LogP) is 3.63. The average molecular weight is 492 g/mol. The summed E-state index contributed by atoms with van der Waals surface area (Å²) in [6.07, 6.45) is 3.72. The van der Waals surface area contributed by atoms with Gasteiger partial charge in [0.15, 0.2) is 17.5 Å². The van der Waals surface area contributed by atoms with E-state index in [4.69, 9.17) is 4.74 Å².